The molecular weight excluding hydrogens is 196 g/mol. The van der Waals surface area contributed by atoms with E-state index in [1.807, 2.05) is 11.8 Å². The Morgan fingerprint density at radius 1 is 1.50 bits per heavy atom. The number of anilines is 2. The van der Waals surface area contributed by atoms with Gasteiger partial charge in [-0.15, -0.1) is 0 Å². The van der Waals surface area contributed by atoms with Crippen molar-refractivity contribution in [3.8, 4) is 0 Å². The summed E-state index contributed by atoms with van der Waals surface area (Å²) in [6.07, 6.45) is 3.56. The quantitative estimate of drug-likeness (QED) is 0.794. The molecule has 0 saturated heterocycles. The summed E-state index contributed by atoms with van der Waals surface area (Å²) in [5.74, 6) is 1.27. The van der Waals surface area contributed by atoms with Crippen LogP contribution in [0.4, 0.5) is 11.6 Å². The second kappa shape index (κ2) is 4.50. The molecule has 1 aromatic rings. The number of nitrogen functional groups attached to an aromatic ring is 1. The molecule has 0 bridgehead atoms. The van der Waals surface area contributed by atoms with Gasteiger partial charge in [-0.25, -0.2) is 9.97 Å². The van der Waals surface area contributed by atoms with Crippen molar-refractivity contribution in [1.29, 1.82) is 0 Å². The molecule has 5 heteroatoms. The Balaban J connectivity index is 2.54. The van der Waals surface area contributed by atoms with Crippen LogP contribution in [0.25, 0.3) is 0 Å². The lowest BCUT2D eigenvalue weighted by Crippen LogP contribution is -2.26. The predicted molar refractivity (Wildman–Crippen MR) is 62.5 cm³/mol. The molecular formula is C9H16N4S. The van der Waals surface area contributed by atoms with Crippen LogP contribution >= 0.6 is 11.8 Å². The summed E-state index contributed by atoms with van der Waals surface area (Å²) in [6, 6.07) is 1.73. The second-order valence-electron chi connectivity index (χ2n) is 3.65. The highest BCUT2D eigenvalue weighted by Gasteiger charge is 2.15. The van der Waals surface area contributed by atoms with Gasteiger partial charge in [0, 0.05) is 17.4 Å². The molecule has 0 saturated carbocycles. The normalized spacial score (nSPS) is 11.4. The van der Waals surface area contributed by atoms with E-state index in [2.05, 4.69) is 35.4 Å². The average Bonchev–Trinajstić information content (AvgIpc) is 2.15. The number of rotatable bonds is 4. The van der Waals surface area contributed by atoms with Gasteiger partial charge in [-0.05, 0) is 20.1 Å². The van der Waals surface area contributed by atoms with Gasteiger partial charge in [0.05, 0.1) is 0 Å². The maximum atomic E-state index is 5.53. The number of nitrogens with one attached hydrogen (secondary N) is 1. The van der Waals surface area contributed by atoms with E-state index < -0.39 is 0 Å². The Bertz CT molecular complexity index is 301. The third kappa shape index (κ3) is 3.41. The predicted octanol–water partition coefficient (Wildman–Crippen LogP) is 1.61. The van der Waals surface area contributed by atoms with Crippen LogP contribution < -0.4 is 11.1 Å². The molecule has 1 rings (SSSR count). The smallest absolute Gasteiger partial charge is 0.131 e. The maximum Gasteiger partial charge on any atom is 0.131 e. The zero-order chi connectivity index (χ0) is 10.6. The Morgan fingerprint density at radius 2 is 2.21 bits per heavy atom. The first-order valence-electron chi connectivity index (χ1n) is 4.40. The maximum absolute atomic E-state index is 5.53. The third-order valence-electron chi connectivity index (χ3n) is 1.94. The first kappa shape index (κ1) is 11.1. The Morgan fingerprint density at radius 3 is 2.79 bits per heavy atom. The summed E-state index contributed by atoms with van der Waals surface area (Å²) >= 11 is 1.81. The van der Waals surface area contributed by atoms with E-state index in [-0.39, 0.29) is 4.75 Å². The molecule has 0 aliphatic heterocycles. The van der Waals surface area contributed by atoms with Crippen molar-refractivity contribution >= 4 is 23.4 Å². The molecule has 1 aromatic heterocycles. The van der Waals surface area contributed by atoms with Crippen molar-refractivity contribution in [3.63, 3.8) is 0 Å². The van der Waals surface area contributed by atoms with Crippen molar-refractivity contribution in [2.75, 3.05) is 23.9 Å². The van der Waals surface area contributed by atoms with E-state index in [0.717, 1.165) is 12.4 Å². The number of aromatic nitrogens is 2. The van der Waals surface area contributed by atoms with E-state index in [4.69, 9.17) is 5.73 Å². The van der Waals surface area contributed by atoms with E-state index in [1.54, 1.807) is 6.07 Å². The van der Waals surface area contributed by atoms with Crippen molar-refractivity contribution in [2.45, 2.75) is 18.6 Å². The Hall–Kier alpha value is -0.970. The molecule has 0 aromatic carbocycles. The number of nitrogens with two attached hydrogens (primary N) is 1. The highest BCUT2D eigenvalue weighted by atomic mass is 32.2. The van der Waals surface area contributed by atoms with Crippen LogP contribution in [-0.2, 0) is 0 Å². The lowest BCUT2D eigenvalue weighted by molar-refractivity contribution is 0.750. The van der Waals surface area contributed by atoms with Crippen molar-refractivity contribution in [2.24, 2.45) is 0 Å². The largest absolute Gasteiger partial charge is 0.384 e. The molecule has 0 unspecified atom stereocenters. The van der Waals surface area contributed by atoms with E-state index in [9.17, 15) is 0 Å². The summed E-state index contributed by atoms with van der Waals surface area (Å²) in [4.78, 5) is 7.89. The highest BCUT2D eigenvalue weighted by Crippen LogP contribution is 2.21. The van der Waals surface area contributed by atoms with Crippen LogP contribution in [0.1, 0.15) is 13.8 Å². The SMILES string of the molecule is CSC(C)(C)CNc1cc(N)ncn1. The van der Waals surface area contributed by atoms with Crippen molar-refractivity contribution in [1.82, 2.24) is 9.97 Å². The fourth-order valence-corrected chi connectivity index (χ4v) is 1.06. The Kier molecular flexibility index (Phi) is 3.57. The van der Waals surface area contributed by atoms with Crippen molar-refractivity contribution < 1.29 is 0 Å². The number of hydrogen-bond donors (Lipinski definition) is 2. The average molecular weight is 212 g/mol. The first-order valence-corrected chi connectivity index (χ1v) is 5.62. The monoisotopic (exact) mass is 212 g/mol. The van der Waals surface area contributed by atoms with Gasteiger partial charge in [0.1, 0.15) is 18.0 Å². The van der Waals surface area contributed by atoms with Crippen LogP contribution in [0.2, 0.25) is 0 Å². The summed E-state index contributed by atoms with van der Waals surface area (Å²) < 4.78 is 0.194. The van der Waals surface area contributed by atoms with Crippen LogP contribution in [0.15, 0.2) is 12.4 Å². The van der Waals surface area contributed by atoms with Gasteiger partial charge in [-0.2, -0.15) is 11.8 Å². The van der Waals surface area contributed by atoms with Gasteiger partial charge in [-0.3, -0.25) is 0 Å². The van der Waals surface area contributed by atoms with Crippen LogP contribution in [-0.4, -0.2) is 27.5 Å². The molecule has 0 aliphatic carbocycles. The van der Waals surface area contributed by atoms with Gasteiger partial charge < -0.3 is 11.1 Å². The van der Waals surface area contributed by atoms with E-state index in [0.29, 0.717) is 5.82 Å². The lowest BCUT2D eigenvalue weighted by atomic mass is 10.2. The molecule has 0 spiro atoms. The third-order valence-corrected chi connectivity index (χ3v) is 3.19. The Labute approximate surface area is 88.7 Å². The minimum atomic E-state index is 0.194. The number of thioether (sulfide) groups is 1. The molecule has 0 fully saturated rings. The van der Waals surface area contributed by atoms with Gasteiger partial charge >= 0.3 is 0 Å². The second-order valence-corrected chi connectivity index (χ2v) is 5.16. The van der Waals surface area contributed by atoms with Gasteiger partial charge in [-0.1, -0.05) is 0 Å². The molecule has 1 heterocycles. The molecule has 78 valence electrons. The number of nitrogens with zero attached hydrogens (tertiary/aromatic N) is 2. The van der Waals surface area contributed by atoms with Crippen LogP contribution in [0.3, 0.4) is 0 Å². The first-order chi connectivity index (χ1) is 6.53. The van der Waals surface area contributed by atoms with E-state index in [1.165, 1.54) is 6.33 Å². The topological polar surface area (TPSA) is 63.8 Å². The fraction of sp³-hybridized carbons (Fsp3) is 0.556. The molecule has 14 heavy (non-hydrogen) atoms. The molecule has 0 aliphatic rings. The zero-order valence-corrected chi connectivity index (χ0v) is 9.56. The highest BCUT2D eigenvalue weighted by molar-refractivity contribution is 7.99. The summed E-state index contributed by atoms with van der Waals surface area (Å²) in [5, 5.41) is 3.22. The summed E-state index contributed by atoms with van der Waals surface area (Å²) in [6.45, 7) is 5.20. The zero-order valence-electron chi connectivity index (χ0n) is 8.74. The molecule has 4 nitrogen and oxygen atoms in total. The molecule has 0 atom stereocenters. The summed E-state index contributed by atoms with van der Waals surface area (Å²) in [7, 11) is 0. The number of hydrogen-bond acceptors (Lipinski definition) is 5. The summed E-state index contributed by atoms with van der Waals surface area (Å²) in [5.41, 5.74) is 5.53. The minimum absolute atomic E-state index is 0.194. The van der Waals surface area contributed by atoms with Gasteiger partial charge in [0.25, 0.3) is 0 Å². The fourth-order valence-electron chi connectivity index (χ4n) is 0.845. The van der Waals surface area contributed by atoms with Crippen LogP contribution in [0, 0.1) is 0 Å². The van der Waals surface area contributed by atoms with Crippen molar-refractivity contribution in [3.05, 3.63) is 12.4 Å². The molecule has 0 radical (unpaired) electrons. The van der Waals surface area contributed by atoms with E-state index >= 15 is 0 Å². The van der Waals surface area contributed by atoms with Gasteiger partial charge in [0.2, 0.25) is 0 Å². The molecule has 0 amide bonds. The lowest BCUT2D eigenvalue weighted by Gasteiger charge is -2.22. The minimum Gasteiger partial charge on any atom is -0.384 e. The molecule has 3 N–H and O–H groups in total. The standard InChI is InChI=1S/C9H16N4S/c1-9(2,14-3)5-11-8-4-7(10)12-6-13-8/h4,6H,5H2,1-3H3,(H3,10,11,12,13). The van der Waals surface area contributed by atoms with Gasteiger partial charge in [0.15, 0.2) is 0 Å². The van der Waals surface area contributed by atoms with Crippen LogP contribution in [0.5, 0.6) is 0 Å².